The number of carbonyl (C=O) groups excluding carboxylic acids is 2. The van der Waals surface area contributed by atoms with Crippen LogP contribution < -0.4 is 10.6 Å². The summed E-state index contributed by atoms with van der Waals surface area (Å²) in [5.74, 6) is -0.243. The van der Waals surface area contributed by atoms with E-state index < -0.39 is 0 Å². The number of hydrogen-bond donors (Lipinski definition) is 1. The average Bonchev–Trinajstić information content (AvgIpc) is 2.54. The normalized spacial score (nSPS) is 22.2. The lowest BCUT2D eigenvalue weighted by Crippen LogP contribution is -2.47. The molecule has 0 radical (unpaired) electrons. The van der Waals surface area contributed by atoms with Crippen molar-refractivity contribution in [2.45, 2.75) is 25.7 Å². The maximum atomic E-state index is 12.7. The Kier molecular flexibility index (Phi) is 4.43. The first-order valence-corrected chi connectivity index (χ1v) is 8.05. The van der Waals surface area contributed by atoms with Gasteiger partial charge < -0.3 is 10.6 Å². The monoisotopic (exact) mass is 301 g/mol. The molecule has 1 aromatic rings. The van der Waals surface area contributed by atoms with Gasteiger partial charge in [-0.3, -0.25) is 14.5 Å². The molecule has 0 aliphatic carbocycles. The maximum Gasteiger partial charge on any atom is 0.241 e. The minimum absolute atomic E-state index is 0.116. The minimum Gasteiger partial charge on any atom is -0.369 e. The van der Waals surface area contributed by atoms with E-state index in [0.717, 1.165) is 44.5 Å². The highest BCUT2D eigenvalue weighted by atomic mass is 16.2. The standard InChI is InChI=1S/C17H23N3O2/c18-17(22)14-7-3-9-19(11-14)12-16(21)20-10-4-6-13-5-1-2-8-15(13)20/h1-2,5,8,14H,3-4,6-7,9-12H2,(H2,18,22)/t14-/m1/s1. The number of piperidine rings is 1. The number of benzene rings is 1. The van der Waals surface area contributed by atoms with E-state index in [1.807, 2.05) is 23.1 Å². The van der Waals surface area contributed by atoms with E-state index in [-0.39, 0.29) is 17.7 Å². The molecule has 3 rings (SSSR count). The molecule has 22 heavy (non-hydrogen) atoms. The number of nitrogens with zero attached hydrogens (tertiary/aromatic N) is 2. The van der Waals surface area contributed by atoms with Gasteiger partial charge in [0.05, 0.1) is 12.5 Å². The van der Waals surface area contributed by atoms with Gasteiger partial charge in [0, 0.05) is 18.8 Å². The summed E-state index contributed by atoms with van der Waals surface area (Å²) in [6.45, 7) is 2.63. The van der Waals surface area contributed by atoms with Crippen molar-refractivity contribution >= 4 is 17.5 Å². The van der Waals surface area contributed by atoms with E-state index in [1.165, 1.54) is 5.56 Å². The van der Waals surface area contributed by atoms with Gasteiger partial charge in [-0.05, 0) is 43.9 Å². The van der Waals surface area contributed by atoms with E-state index >= 15 is 0 Å². The smallest absolute Gasteiger partial charge is 0.241 e. The van der Waals surface area contributed by atoms with Crippen LogP contribution in [0.4, 0.5) is 5.69 Å². The molecular formula is C17H23N3O2. The summed E-state index contributed by atoms with van der Waals surface area (Å²) in [6.07, 6.45) is 3.81. The molecule has 2 aliphatic rings. The molecule has 2 aliphatic heterocycles. The topological polar surface area (TPSA) is 66.6 Å². The van der Waals surface area contributed by atoms with Crippen molar-refractivity contribution in [2.75, 3.05) is 31.1 Å². The highest BCUT2D eigenvalue weighted by Gasteiger charge is 2.28. The molecule has 1 aromatic carbocycles. The first kappa shape index (κ1) is 15.0. The quantitative estimate of drug-likeness (QED) is 0.911. The first-order valence-electron chi connectivity index (χ1n) is 8.05. The summed E-state index contributed by atoms with van der Waals surface area (Å²) in [5.41, 5.74) is 7.70. The van der Waals surface area contributed by atoms with Crippen molar-refractivity contribution in [2.24, 2.45) is 11.7 Å². The van der Waals surface area contributed by atoms with Crippen molar-refractivity contribution in [1.29, 1.82) is 0 Å². The lowest BCUT2D eigenvalue weighted by Gasteiger charge is -2.34. The Balaban J connectivity index is 1.67. The van der Waals surface area contributed by atoms with Gasteiger partial charge in [0.2, 0.25) is 11.8 Å². The Bertz CT molecular complexity index is 573. The third kappa shape index (κ3) is 3.14. The number of nitrogens with two attached hydrogens (primary N) is 1. The zero-order valence-corrected chi connectivity index (χ0v) is 12.8. The number of primary amides is 1. The molecule has 1 atom stereocenters. The van der Waals surface area contributed by atoms with E-state index in [4.69, 9.17) is 5.73 Å². The SMILES string of the molecule is NC(=O)[C@@H]1CCCN(CC(=O)N2CCCc3ccccc32)C1. The van der Waals surface area contributed by atoms with Crippen LogP contribution in [-0.4, -0.2) is 42.9 Å². The fourth-order valence-corrected chi connectivity index (χ4v) is 3.50. The van der Waals surface area contributed by atoms with Crippen LogP contribution in [0.3, 0.4) is 0 Å². The number of anilines is 1. The Morgan fingerprint density at radius 1 is 1.18 bits per heavy atom. The number of rotatable bonds is 3. The second-order valence-corrected chi connectivity index (χ2v) is 6.25. The molecule has 2 heterocycles. The van der Waals surface area contributed by atoms with Crippen molar-refractivity contribution in [3.63, 3.8) is 0 Å². The summed E-state index contributed by atoms with van der Waals surface area (Å²) in [7, 11) is 0. The Labute approximate surface area is 131 Å². The van der Waals surface area contributed by atoms with Gasteiger partial charge in [-0.1, -0.05) is 18.2 Å². The van der Waals surface area contributed by atoms with Crippen LogP contribution in [-0.2, 0) is 16.0 Å². The fourth-order valence-electron chi connectivity index (χ4n) is 3.50. The molecule has 118 valence electrons. The highest BCUT2D eigenvalue weighted by Crippen LogP contribution is 2.27. The fraction of sp³-hybridized carbons (Fsp3) is 0.529. The van der Waals surface area contributed by atoms with Crippen molar-refractivity contribution < 1.29 is 9.59 Å². The van der Waals surface area contributed by atoms with Gasteiger partial charge in [-0.15, -0.1) is 0 Å². The van der Waals surface area contributed by atoms with Crippen molar-refractivity contribution in [1.82, 2.24) is 4.90 Å². The molecule has 5 heteroatoms. The number of amides is 2. The molecule has 0 bridgehead atoms. The van der Waals surface area contributed by atoms with Crippen LogP contribution in [0.2, 0.25) is 0 Å². The molecule has 1 saturated heterocycles. The average molecular weight is 301 g/mol. The molecule has 0 spiro atoms. The summed E-state index contributed by atoms with van der Waals surface area (Å²) < 4.78 is 0. The summed E-state index contributed by atoms with van der Waals surface area (Å²) in [6, 6.07) is 8.12. The number of para-hydroxylation sites is 1. The third-order valence-corrected chi connectivity index (χ3v) is 4.68. The molecule has 1 fully saturated rings. The molecule has 2 N–H and O–H groups in total. The second kappa shape index (κ2) is 6.48. The molecule has 5 nitrogen and oxygen atoms in total. The predicted molar refractivity (Wildman–Crippen MR) is 85.5 cm³/mol. The zero-order chi connectivity index (χ0) is 15.5. The number of carbonyl (C=O) groups is 2. The Hall–Kier alpha value is -1.88. The van der Waals surface area contributed by atoms with E-state index in [0.29, 0.717) is 13.1 Å². The van der Waals surface area contributed by atoms with Crippen LogP contribution in [0.5, 0.6) is 0 Å². The summed E-state index contributed by atoms with van der Waals surface area (Å²) in [4.78, 5) is 28.0. The van der Waals surface area contributed by atoms with Crippen LogP contribution in [0.1, 0.15) is 24.8 Å². The van der Waals surface area contributed by atoms with E-state index in [2.05, 4.69) is 11.0 Å². The van der Waals surface area contributed by atoms with Crippen LogP contribution >= 0.6 is 0 Å². The van der Waals surface area contributed by atoms with Gasteiger partial charge in [0.15, 0.2) is 0 Å². The zero-order valence-electron chi connectivity index (χ0n) is 12.8. The molecular weight excluding hydrogens is 278 g/mol. The van der Waals surface area contributed by atoms with Gasteiger partial charge in [0.1, 0.15) is 0 Å². The van der Waals surface area contributed by atoms with Gasteiger partial charge in [-0.2, -0.15) is 0 Å². The molecule has 0 unspecified atom stereocenters. The third-order valence-electron chi connectivity index (χ3n) is 4.68. The molecule has 0 aromatic heterocycles. The van der Waals surface area contributed by atoms with Gasteiger partial charge >= 0.3 is 0 Å². The van der Waals surface area contributed by atoms with Gasteiger partial charge in [0.25, 0.3) is 0 Å². The second-order valence-electron chi connectivity index (χ2n) is 6.25. The lowest BCUT2D eigenvalue weighted by atomic mass is 9.97. The summed E-state index contributed by atoms with van der Waals surface area (Å²) in [5, 5.41) is 0. The predicted octanol–water partition coefficient (Wildman–Crippen LogP) is 1.16. The molecule has 2 amide bonds. The summed E-state index contributed by atoms with van der Waals surface area (Å²) >= 11 is 0. The molecule has 0 saturated carbocycles. The maximum absolute atomic E-state index is 12.7. The Morgan fingerprint density at radius 2 is 2.00 bits per heavy atom. The number of aryl methyl sites for hydroxylation is 1. The Morgan fingerprint density at radius 3 is 2.82 bits per heavy atom. The lowest BCUT2D eigenvalue weighted by molar-refractivity contribution is -0.125. The van der Waals surface area contributed by atoms with Crippen LogP contribution in [0.25, 0.3) is 0 Å². The van der Waals surface area contributed by atoms with Crippen molar-refractivity contribution in [3.05, 3.63) is 29.8 Å². The number of hydrogen-bond acceptors (Lipinski definition) is 3. The highest BCUT2D eigenvalue weighted by molar-refractivity contribution is 5.96. The van der Waals surface area contributed by atoms with Crippen molar-refractivity contribution in [3.8, 4) is 0 Å². The number of likely N-dealkylation sites (tertiary alicyclic amines) is 1. The van der Waals surface area contributed by atoms with Crippen LogP contribution in [0.15, 0.2) is 24.3 Å². The largest absolute Gasteiger partial charge is 0.369 e. The van der Waals surface area contributed by atoms with E-state index in [9.17, 15) is 9.59 Å². The van der Waals surface area contributed by atoms with E-state index in [1.54, 1.807) is 0 Å². The van der Waals surface area contributed by atoms with Crippen LogP contribution in [0, 0.1) is 5.92 Å². The first-order chi connectivity index (χ1) is 10.6. The number of fused-ring (bicyclic) bond motifs is 1. The minimum atomic E-state index is -0.250. The van der Waals surface area contributed by atoms with Gasteiger partial charge in [-0.25, -0.2) is 0 Å².